The van der Waals surface area contributed by atoms with Gasteiger partial charge in [0.2, 0.25) is 0 Å². The predicted molar refractivity (Wildman–Crippen MR) is 83.4 cm³/mol. The van der Waals surface area contributed by atoms with Gasteiger partial charge in [-0.25, -0.2) is 0 Å². The van der Waals surface area contributed by atoms with Crippen LogP contribution >= 0.6 is 0 Å². The summed E-state index contributed by atoms with van der Waals surface area (Å²) in [7, 11) is 0. The fourth-order valence-electron chi connectivity index (χ4n) is 2.00. The molecule has 0 aromatic rings. The maximum Gasteiger partial charge on any atom is 0.0576 e. The highest BCUT2D eigenvalue weighted by Gasteiger charge is 2.15. The Kier molecular flexibility index (Phi) is 10.1. The lowest BCUT2D eigenvalue weighted by Gasteiger charge is -2.28. The largest absolute Gasteiger partial charge is 0.348 e. The summed E-state index contributed by atoms with van der Waals surface area (Å²) < 4.78 is 0. The van der Waals surface area contributed by atoms with Gasteiger partial charge in [0, 0.05) is 0 Å². The van der Waals surface area contributed by atoms with Gasteiger partial charge < -0.3 is 4.90 Å². The Morgan fingerprint density at radius 1 is 1.28 bits per heavy atom. The first-order chi connectivity index (χ1) is 8.74. The molecule has 0 spiro atoms. The summed E-state index contributed by atoms with van der Waals surface area (Å²) in [4.78, 5) is 2.21. The van der Waals surface area contributed by atoms with Crippen molar-refractivity contribution in [3.63, 3.8) is 0 Å². The number of allylic oxidation sites excluding steroid dienone is 3. The summed E-state index contributed by atoms with van der Waals surface area (Å²) in [5, 5.41) is 0. The van der Waals surface area contributed by atoms with Crippen molar-refractivity contribution in [3.05, 3.63) is 48.9 Å². The molecule has 0 N–H and O–H groups in total. The smallest absolute Gasteiger partial charge is 0.0576 e. The minimum Gasteiger partial charge on any atom is -0.348 e. The third kappa shape index (κ3) is 5.90. The molecule has 1 nitrogen and oxygen atoms in total. The summed E-state index contributed by atoms with van der Waals surface area (Å²) >= 11 is 0. The van der Waals surface area contributed by atoms with Gasteiger partial charge in [0.1, 0.15) is 0 Å². The molecule has 0 aromatic carbocycles. The molecule has 0 heterocycles. The van der Waals surface area contributed by atoms with E-state index in [4.69, 9.17) is 0 Å². The van der Waals surface area contributed by atoms with Crippen LogP contribution in [0.25, 0.3) is 0 Å². The Morgan fingerprint density at radius 3 is 2.44 bits per heavy atom. The summed E-state index contributed by atoms with van der Waals surface area (Å²) in [6, 6.07) is 0.409. The van der Waals surface area contributed by atoms with Crippen LogP contribution in [0.1, 0.15) is 53.4 Å². The van der Waals surface area contributed by atoms with Crippen LogP contribution in [0.5, 0.6) is 0 Å². The van der Waals surface area contributed by atoms with Gasteiger partial charge >= 0.3 is 0 Å². The van der Waals surface area contributed by atoms with E-state index in [1.807, 2.05) is 13.1 Å². The lowest BCUT2D eigenvalue weighted by atomic mass is 9.99. The Hall–Kier alpha value is -1.24. The molecular weight excluding hydrogens is 218 g/mol. The molecule has 18 heavy (non-hydrogen) atoms. The van der Waals surface area contributed by atoms with E-state index in [0.717, 1.165) is 6.42 Å². The van der Waals surface area contributed by atoms with Crippen molar-refractivity contribution in [2.75, 3.05) is 0 Å². The van der Waals surface area contributed by atoms with Gasteiger partial charge in [-0.05, 0) is 44.7 Å². The van der Waals surface area contributed by atoms with E-state index in [1.54, 1.807) is 0 Å². The lowest BCUT2D eigenvalue weighted by molar-refractivity contribution is 0.383. The summed E-state index contributed by atoms with van der Waals surface area (Å²) in [6.45, 7) is 12.5. The van der Waals surface area contributed by atoms with Gasteiger partial charge in [-0.3, -0.25) is 0 Å². The second-order valence-corrected chi connectivity index (χ2v) is 4.37. The molecule has 0 aliphatic carbocycles. The quantitative estimate of drug-likeness (QED) is 0.491. The Balaban J connectivity index is 5.04. The minimum absolute atomic E-state index is 0.409. The third-order valence-electron chi connectivity index (χ3n) is 2.99. The fourth-order valence-corrected chi connectivity index (χ4v) is 2.00. The van der Waals surface area contributed by atoms with E-state index in [-0.39, 0.29) is 0 Å². The zero-order valence-electron chi connectivity index (χ0n) is 12.5. The molecule has 1 atom stereocenters. The summed E-state index contributed by atoms with van der Waals surface area (Å²) in [5.41, 5.74) is 1.38. The highest BCUT2D eigenvalue weighted by atomic mass is 15.1. The van der Waals surface area contributed by atoms with Crippen LogP contribution in [0.2, 0.25) is 0 Å². The number of rotatable bonds is 9. The third-order valence-corrected chi connectivity index (χ3v) is 2.99. The minimum atomic E-state index is 0.409. The van der Waals surface area contributed by atoms with Crippen molar-refractivity contribution in [1.82, 2.24) is 4.90 Å². The van der Waals surface area contributed by atoms with Gasteiger partial charge in [-0.15, -0.1) is 0 Å². The maximum atomic E-state index is 3.93. The molecule has 0 radical (unpaired) electrons. The van der Waals surface area contributed by atoms with E-state index in [0.29, 0.717) is 6.04 Å². The molecule has 0 aliphatic rings. The van der Waals surface area contributed by atoms with Crippen molar-refractivity contribution in [3.8, 4) is 0 Å². The number of hydrogen-bond acceptors (Lipinski definition) is 1. The zero-order valence-corrected chi connectivity index (χ0v) is 12.5. The van der Waals surface area contributed by atoms with Gasteiger partial charge in [0.05, 0.1) is 6.04 Å². The maximum absolute atomic E-state index is 3.93. The molecule has 1 unspecified atom stereocenters. The molecule has 0 saturated heterocycles. The van der Waals surface area contributed by atoms with Crippen molar-refractivity contribution in [2.24, 2.45) is 0 Å². The van der Waals surface area contributed by atoms with Crippen molar-refractivity contribution in [2.45, 2.75) is 59.4 Å². The van der Waals surface area contributed by atoms with Crippen LogP contribution in [0.3, 0.4) is 0 Å². The summed E-state index contributed by atoms with van der Waals surface area (Å²) in [6.07, 6.45) is 17.5. The second-order valence-electron chi connectivity index (χ2n) is 4.37. The molecule has 0 fully saturated rings. The van der Waals surface area contributed by atoms with Gasteiger partial charge in [0.15, 0.2) is 0 Å². The van der Waals surface area contributed by atoms with E-state index in [9.17, 15) is 0 Å². The zero-order chi connectivity index (χ0) is 13.8. The first kappa shape index (κ1) is 16.8. The molecular formula is C17H29N. The van der Waals surface area contributed by atoms with Gasteiger partial charge in [-0.1, -0.05) is 57.6 Å². The average Bonchev–Trinajstić information content (AvgIpc) is 2.40. The van der Waals surface area contributed by atoms with Crippen LogP contribution < -0.4 is 0 Å². The monoisotopic (exact) mass is 247 g/mol. The molecule has 102 valence electrons. The van der Waals surface area contributed by atoms with Crippen LogP contribution in [-0.4, -0.2) is 10.9 Å². The molecule has 0 aromatic heterocycles. The van der Waals surface area contributed by atoms with E-state index >= 15 is 0 Å². The van der Waals surface area contributed by atoms with E-state index in [2.05, 4.69) is 62.8 Å². The first-order valence-electron chi connectivity index (χ1n) is 7.10. The number of hydrogen-bond donors (Lipinski definition) is 0. The average molecular weight is 247 g/mol. The van der Waals surface area contributed by atoms with Crippen molar-refractivity contribution >= 4 is 0 Å². The van der Waals surface area contributed by atoms with Crippen LogP contribution in [-0.2, 0) is 0 Å². The normalized spacial score (nSPS) is 14.3. The summed E-state index contributed by atoms with van der Waals surface area (Å²) in [5.74, 6) is 0. The van der Waals surface area contributed by atoms with Gasteiger partial charge in [0.25, 0.3) is 0 Å². The highest BCUT2D eigenvalue weighted by Crippen LogP contribution is 2.20. The van der Waals surface area contributed by atoms with E-state index in [1.165, 1.54) is 24.8 Å². The fraction of sp³-hybridized carbons (Fsp3) is 0.529. The first-order valence-corrected chi connectivity index (χ1v) is 7.10. The molecule has 0 saturated carbocycles. The van der Waals surface area contributed by atoms with Crippen molar-refractivity contribution < 1.29 is 0 Å². The van der Waals surface area contributed by atoms with Crippen LogP contribution in [0.4, 0.5) is 0 Å². The van der Waals surface area contributed by atoms with E-state index < -0.39 is 0 Å². The Bertz CT molecular complexity index is 297. The molecule has 0 amide bonds. The Morgan fingerprint density at radius 2 is 2.00 bits per heavy atom. The molecule has 1 heteroatoms. The van der Waals surface area contributed by atoms with Crippen LogP contribution in [0, 0.1) is 0 Å². The van der Waals surface area contributed by atoms with Crippen LogP contribution in [0.15, 0.2) is 48.9 Å². The van der Waals surface area contributed by atoms with Gasteiger partial charge in [-0.2, -0.15) is 0 Å². The lowest BCUT2D eigenvalue weighted by Crippen LogP contribution is -2.27. The highest BCUT2D eigenvalue weighted by molar-refractivity contribution is 5.25. The second kappa shape index (κ2) is 10.9. The molecule has 0 bridgehead atoms. The standard InChI is InChI=1S/C17H29N/c1-6-11-13-16(9-4)17(14-12-7-2)18(10-5)15-8-3/h8-11,13,15,17H,5-7,12,14H2,1-4H3/b13-11-,15-8-,16-9+. The molecule has 0 rings (SSSR count). The number of unbranched alkanes of at least 4 members (excludes halogenated alkanes) is 1. The van der Waals surface area contributed by atoms with Crippen molar-refractivity contribution in [1.29, 1.82) is 0 Å². The SMILES string of the molecule is C=CN(/C=C\C)C(CCCC)C(/C=C\CC)=C/C. The predicted octanol–water partition coefficient (Wildman–Crippen LogP) is 5.44. The topological polar surface area (TPSA) is 3.24 Å². The Labute approximate surface area is 114 Å². The number of nitrogens with zero attached hydrogens (tertiary/aromatic N) is 1. The molecule has 0 aliphatic heterocycles.